The number of hydrogen-bond donors (Lipinski definition) is 0. The molecule has 0 atom stereocenters. The van der Waals surface area contributed by atoms with Gasteiger partial charge in [0.05, 0.1) is 18.2 Å². The summed E-state index contributed by atoms with van der Waals surface area (Å²) < 4.78 is 4.74. The molecule has 0 aliphatic rings. The molecule has 0 aliphatic heterocycles. The molecule has 0 bridgehead atoms. The van der Waals surface area contributed by atoms with Crippen LogP contribution >= 0.6 is 11.8 Å². The molecule has 1 aromatic heterocycles. The molecule has 0 unspecified atom stereocenters. The Bertz CT molecular complexity index is 540. The fourth-order valence-corrected chi connectivity index (χ4v) is 2.06. The molecule has 0 radical (unpaired) electrons. The Kier molecular flexibility index (Phi) is 3.10. The number of benzene rings is 1. The van der Waals surface area contributed by atoms with Crippen LogP contribution in [0.1, 0.15) is 10.4 Å². The molecule has 82 valence electrons. The lowest BCUT2D eigenvalue weighted by Crippen LogP contribution is -2.04. The average molecular weight is 233 g/mol. The van der Waals surface area contributed by atoms with Gasteiger partial charge in [0.15, 0.2) is 0 Å². The molecule has 0 fully saturated rings. The summed E-state index contributed by atoms with van der Waals surface area (Å²) in [6.07, 6.45) is 1.89. The topological polar surface area (TPSA) is 39.2 Å². The first-order chi connectivity index (χ1) is 7.76. The van der Waals surface area contributed by atoms with Crippen LogP contribution in [0.5, 0.6) is 0 Å². The highest BCUT2D eigenvalue weighted by molar-refractivity contribution is 7.98. The zero-order valence-corrected chi connectivity index (χ0v) is 9.88. The normalized spacial score (nSPS) is 10.4. The van der Waals surface area contributed by atoms with Gasteiger partial charge in [-0.05, 0) is 18.4 Å². The van der Waals surface area contributed by atoms with E-state index in [1.807, 2.05) is 36.6 Å². The van der Waals surface area contributed by atoms with Gasteiger partial charge >= 0.3 is 5.97 Å². The van der Waals surface area contributed by atoms with Gasteiger partial charge in [0, 0.05) is 5.39 Å². The number of carbonyl (C=O) groups excluding carboxylic acids is 1. The first-order valence-corrected chi connectivity index (χ1v) is 6.01. The van der Waals surface area contributed by atoms with Crippen molar-refractivity contribution in [3.63, 3.8) is 0 Å². The first kappa shape index (κ1) is 11.0. The highest BCUT2D eigenvalue weighted by atomic mass is 32.2. The Labute approximate surface area is 97.8 Å². The molecule has 1 aromatic carbocycles. The summed E-state index contributed by atoms with van der Waals surface area (Å²) in [4.78, 5) is 16.0. The van der Waals surface area contributed by atoms with Crippen molar-refractivity contribution in [3.05, 3.63) is 35.9 Å². The molecule has 3 nitrogen and oxygen atoms in total. The smallest absolute Gasteiger partial charge is 0.340 e. The van der Waals surface area contributed by atoms with Crippen molar-refractivity contribution in [3.8, 4) is 0 Å². The standard InChI is InChI=1S/C12H11NO2S/c1-15-12(14)9-7-8-5-3-4-6-10(8)13-11(9)16-2/h3-7H,1-2H3. The van der Waals surface area contributed by atoms with Crippen LogP contribution in [-0.4, -0.2) is 24.3 Å². The second kappa shape index (κ2) is 4.53. The minimum atomic E-state index is -0.345. The van der Waals surface area contributed by atoms with Crippen molar-refractivity contribution in [2.45, 2.75) is 5.03 Å². The number of rotatable bonds is 2. The Morgan fingerprint density at radius 3 is 2.81 bits per heavy atom. The summed E-state index contributed by atoms with van der Waals surface area (Å²) in [5.41, 5.74) is 1.41. The first-order valence-electron chi connectivity index (χ1n) is 4.78. The van der Waals surface area contributed by atoms with Gasteiger partial charge < -0.3 is 4.74 Å². The SMILES string of the molecule is COC(=O)c1cc2ccccc2nc1SC. The van der Waals surface area contributed by atoms with E-state index in [9.17, 15) is 4.79 Å². The molecule has 16 heavy (non-hydrogen) atoms. The molecule has 4 heteroatoms. The molecule has 0 saturated heterocycles. The maximum atomic E-state index is 11.6. The van der Waals surface area contributed by atoms with Gasteiger partial charge in [-0.15, -0.1) is 11.8 Å². The molecule has 0 aliphatic carbocycles. The fourth-order valence-electron chi connectivity index (χ4n) is 1.51. The molecular weight excluding hydrogens is 222 g/mol. The van der Waals surface area contributed by atoms with E-state index in [4.69, 9.17) is 4.74 Å². The zero-order valence-electron chi connectivity index (χ0n) is 9.06. The van der Waals surface area contributed by atoms with Crippen LogP contribution in [0.4, 0.5) is 0 Å². The third-order valence-corrected chi connectivity index (χ3v) is 2.99. The molecule has 2 rings (SSSR count). The van der Waals surface area contributed by atoms with Crippen molar-refractivity contribution in [2.75, 3.05) is 13.4 Å². The number of nitrogens with zero attached hydrogens (tertiary/aromatic N) is 1. The number of esters is 1. The lowest BCUT2D eigenvalue weighted by atomic mass is 10.1. The Hall–Kier alpha value is -1.55. The summed E-state index contributed by atoms with van der Waals surface area (Å²) in [6, 6.07) is 9.52. The van der Waals surface area contributed by atoms with Gasteiger partial charge in [-0.2, -0.15) is 0 Å². The quantitative estimate of drug-likeness (QED) is 0.590. The predicted octanol–water partition coefficient (Wildman–Crippen LogP) is 2.74. The Morgan fingerprint density at radius 1 is 1.38 bits per heavy atom. The van der Waals surface area contributed by atoms with Crippen LogP contribution < -0.4 is 0 Å². The maximum Gasteiger partial charge on any atom is 0.340 e. The lowest BCUT2D eigenvalue weighted by Gasteiger charge is -2.06. The number of para-hydroxylation sites is 1. The second-order valence-electron chi connectivity index (χ2n) is 3.23. The maximum absolute atomic E-state index is 11.6. The van der Waals surface area contributed by atoms with Crippen molar-refractivity contribution >= 4 is 28.6 Å². The summed E-state index contributed by atoms with van der Waals surface area (Å²) >= 11 is 1.44. The monoisotopic (exact) mass is 233 g/mol. The fraction of sp³-hybridized carbons (Fsp3) is 0.167. The summed E-state index contributed by atoms with van der Waals surface area (Å²) in [5, 5.41) is 1.64. The minimum Gasteiger partial charge on any atom is -0.465 e. The number of fused-ring (bicyclic) bond motifs is 1. The average Bonchev–Trinajstić information content (AvgIpc) is 2.36. The van der Waals surface area contributed by atoms with E-state index in [0.717, 1.165) is 10.9 Å². The number of methoxy groups -OCH3 is 1. The predicted molar refractivity (Wildman–Crippen MR) is 64.9 cm³/mol. The Balaban J connectivity index is 2.67. The molecule has 0 saturated carbocycles. The van der Waals surface area contributed by atoms with E-state index < -0.39 is 0 Å². The lowest BCUT2D eigenvalue weighted by molar-refractivity contribution is 0.0596. The van der Waals surface area contributed by atoms with Crippen LogP contribution in [0.2, 0.25) is 0 Å². The number of ether oxygens (including phenoxy) is 1. The van der Waals surface area contributed by atoms with Gasteiger partial charge in [0.25, 0.3) is 0 Å². The van der Waals surface area contributed by atoms with E-state index in [1.54, 1.807) is 0 Å². The second-order valence-corrected chi connectivity index (χ2v) is 4.02. The molecule has 0 N–H and O–H groups in total. The molecule has 0 amide bonds. The molecule has 1 heterocycles. The van der Waals surface area contributed by atoms with Crippen LogP contribution in [0.15, 0.2) is 35.4 Å². The Morgan fingerprint density at radius 2 is 2.12 bits per heavy atom. The van der Waals surface area contributed by atoms with Crippen molar-refractivity contribution in [1.29, 1.82) is 0 Å². The van der Waals surface area contributed by atoms with Gasteiger partial charge in [-0.3, -0.25) is 0 Å². The van der Waals surface area contributed by atoms with Crippen molar-refractivity contribution in [2.24, 2.45) is 0 Å². The van der Waals surface area contributed by atoms with E-state index in [2.05, 4.69) is 4.98 Å². The number of carbonyl (C=O) groups is 1. The summed E-state index contributed by atoms with van der Waals surface area (Å²) in [7, 11) is 1.38. The largest absolute Gasteiger partial charge is 0.465 e. The van der Waals surface area contributed by atoms with E-state index in [1.165, 1.54) is 18.9 Å². The third kappa shape index (κ3) is 1.88. The van der Waals surface area contributed by atoms with E-state index in [0.29, 0.717) is 10.6 Å². The van der Waals surface area contributed by atoms with Crippen molar-refractivity contribution < 1.29 is 9.53 Å². The zero-order chi connectivity index (χ0) is 11.5. The number of thioether (sulfide) groups is 1. The van der Waals surface area contributed by atoms with Gasteiger partial charge in [-0.25, -0.2) is 9.78 Å². The van der Waals surface area contributed by atoms with Crippen LogP contribution in [0.25, 0.3) is 10.9 Å². The minimum absolute atomic E-state index is 0.345. The highest BCUT2D eigenvalue weighted by Crippen LogP contribution is 2.23. The molecule has 2 aromatic rings. The van der Waals surface area contributed by atoms with E-state index >= 15 is 0 Å². The molecule has 0 spiro atoms. The van der Waals surface area contributed by atoms with E-state index in [-0.39, 0.29) is 5.97 Å². The van der Waals surface area contributed by atoms with Gasteiger partial charge in [0.1, 0.15) is 5.03 Å². The van der Waals surface area contributed by atoms with Crippen LogP contribution in [-0.2, 0) is 4.74 Å². The van der Waals surface area contributed by atoms with Crippen molar-refractivity contribution in [1.82, 2.24) is 4.98 Å². The van der Waals surface area contributed by atoms with Gasteiger partial charge in [-0.1, -0.05) is 18.2 Å². The number of pyridine rings is 1. The summed E-state index contributed by atoms with van der Waals surface area (Å²) in [5.74, 6) is -0.345. The van der Waals surface area contributed by atoms with Crippen LogP contribution in [0.3, 0.4) is 0 Å². The number of aromatic nitrogens is 1. The molecular formula is C12H11NO2S. The summed E-state index contributed by atoms with van der Waals surface area (Å²) in [6.45, 7) is 0. The highest BCUT2D eigenvalue weighted by Gasteiger charge is 2.13. The number of hydrogen-bond acceptors (Lipinski definition) is 4. The van der Waals surface area contributed by atoms with Gasteiger partial charge in [0.2, 0.25) is 0 Å². The third-order valence-electron chi connectivity index (χ3n) is 2.29. The van der Waals surface area contributed by atoms with Crippen LogP contribution in [0, 0.1) is 0 Å².